The number of aromatic nitrogens is 1. The highest BCUT2D eigenvalue weighted by atomic mass is 32.1. The molecule has 0 spiro atoms. The molecule has 5 N–H and O–H groups in total. The molecule has 8 heteroatoms. The lowest BCUT2D eigenvalue weighted by atomic mass is 10.0. The SMILES string of the molecule is CNc1ccncc1.N=Cc1cc(NC(=O)C=O)cc(-c2cc3ccccc3s2)c1N. The van der Waals surface area contributed by atoms with E-state index in [1.54, 1.807) is 35.9 Å². The van der Waals surface area contributed by atoms with Crippen molar-refractivity contribution >= 4 is 56.9 Å². The second kappa shape index (κ2) is 10.1. The van der Waals surface area contributed by atoms with Crippen molar-refractivity contribution in [3.05, 3.63) is 72.6 Å². The van der Waals surface area contributed by atoms with Crippen molar-refractivity contribution in [1.29, 1.82) is 5.41 Å². The Morgan fingerprint density at radius 3 is 2.45 bits per heavy atom. The number of benzene rings is 2. The summed E-state index contributed by atoms with van der Waals surface area (Å²) >= 11 is 1.58. The van der Waals surface area contributed by atoms with Gasteiger partial charge in [0.2, 0.25) is 6.29 Å². The fraction of sp³-hybridized carbons (Fsp3) is 0.0435. The van der Waals surface area contributed by atoms with E-state index in [2.05, 4.69) is 15.6 Å². The number of anilines is 3. The van der Waals surface area contributed by atoms with Crippen LogP contribution in [0.4, 0.5) is 17.1 Å². The monoisotopic (exact) mass is 431 g/mol. The van der Waals surface area contributed by atoms with Gasteiger partial charge in [-0.05, 0) is 41.8 Å². The van der Waals surface area contributed by atoms with E-state index in [9.17, 15) is 9.59 Å². The maximum atomic E-state index is 11.3. The number of nitrogens with zero attached hydrogens (tertiary/aromatic N) is 1. The summed E-state index contributed by atoms with van der Waals surface area (Å²) in [5, 5.41) is 14.1. The number of nitrogen functional groups attached to an aromatic ring is 1. The van der Waals surface area contributed by atoms with Crippen LogP contribution in [0.1, 0.15) is 5.56 Å². The summed E-state index contributed by atoms with van der Waals surface area (Å²) in [6.07, 6.45) is 4.85. The molecular formula is C23H21N5O2S. The topological polar surface area (TPSA) is 121 Å². The van der Waals surface area contributed by atoms with Crippen LogP contribution in [-0.4, -0.2) is 30.4 Å². The highest BCUT2D eigenvalue weighted by molar-refractivity contribution is 7.22. The zero-order valence-corrected chi connectivity index (χ0v) is 17.6. The maximum Gasteiger partial charge on any atom is 0.288 e. The molecule has 156 valence electrons. The van der Waals surface area contributed by atoms with Crippen molar-refractivity contribution in [2.75, 3.05) is 23.4 Å². The van der Waals surface area contributed by atoms with Crippen molar-refractivity contribution in [3.63, 3.8) is 0 Å². The van der Waals surface area contributed by atoms with E-state index in [1.807, 2.05) is 49.5 Å². The summed E-state index contributed by atoms with van der Waals surface area (Å²) in [5.41, 5.74) is 9.37. The molecule has 2 aromatic carbocycles. The summed E-state index contributed by atoms with van der Waals surface area (Å²) in [5.74, 6) is -0.743. The Labute approximate surface area is 183 Å². The molecule has 0 saturated carbocycles. The van der Waals surface area contributed by atoms with Gasteiger partial charge in [0.1, 0.15) is 0 Å². The van der Waals surface area contributed by atoms with Crippen LogP contribution in [0.15, 0.2) is 67.0 Å². The molecule has 7 nitrogen and oxygen atoms in total. The van der Waals surface area contributed by atoms with Crippen LogP contribution in [0, 0.1) is 5.41 Å². The summed E-state index contributed by atoms with van der Waals surface area (Å²) < 4.78 is 1.13. The average Bonchev–Trinajstić information content (AvgIpc) is 3.25. The van der Waals surface area contributed by atoms with Gasteiger partial charge < -0.3 is 21.8 Å². The minimum Gasteiger partial charge on any atom is -0.398 e. The van der Waals surface area contributed by atoms with Crippen LogP contribution >= 0.6 is 11.3 Å². The highest BCUT2D eigenvalue weighted by Gasteiger charge is 2.13. The molecule has 0 saturated heterocycles. The number of pyridine rings is 1. The van der Waals surface area contributed by atoms with E-state index in [1.165, 1.54) is 0 Å². The van der Waals surface area contributed by atoms with Gasteiger partial charge in [-0.2, -0.15) is 0 Å². The number of hydrogen-bond acceptors (Lipinski definition) is 7. The summed E-state index contributed by atoms with van der Waals surface area (Å²) in [7, 11) is 1.88. The van der Waals surface area contributed by atoms with E-state index < -0.39 is 5.91 Å². The Bertz CT molecular complexity index is 1190. The normalized spacial score (nSPS) is 9.97. The van der Waals surface area contributed by atoms with E-state index in [4.69, 9.17) is 11.1 Å². The number of nitrogens with one attached hydrogen (secondary N) is 3. The number of fused-ring (bicyclic) bond motifs is 1. The second-order valence-electron chi connectivity index (χ2n) is 6.41. The first kappa shape index (κ1) is 21.7. The molecule has 0 atom stereocenters. The molecule has 2 heterocycles. The Kier molecular flexibility index (Phi) is 7.08. The summed E-state index contributed by atoms with van der Waals surface area (Å²) in [6.45, 7) is 0. The number of nitrogens with two attached hydrogens (primary N) is 1. The number of amides is 1. The van der Waals surface area contributed by atoms with Crippen LogP contribution in [0.5, 0.6) is 0 Å². The number of hydrogen-bond donors (Lipinski definition) is 4. The molecule has 2 aromatic heterocycles. The van der Waals surface area contributed by atoms with Gasteiger partial charge in [-0.15, -0.1) is 11.3 Å². The molecule has 0 unspecified atom stereocenters. The Balaban J connectivity index is 0.000000287. The van der Waals surface area contributed by atoms with E-state index in [-0.39, 0.29) is 6.29 Å². The van der Waals surface area contributed by atoms with Crippen molar-refractivity contribution in [1.82, 2.24) is 4.98 Å². The lowest BCUT2D eigenvalue weighted by Gasteiger charge is -2.10. The van der Waals surface area contributed by atoms with E-state index in [0.29, 0.717) is 16.9 Å². The molecule has 4 rings (SSSR count). The zero-order valence-electron chi connectivity index (χ0n) is 16.8. The third kappa shape index (κ3) is 5.31. The fourth-order valence-corrected chi connectivity index (χ4v) is 3.97. The number of carbonyl (C=O) groups is 2. The van der Waals surface area contributed by atoms with Gasteiger partial charge in [0.25, 0.3) is 5.91 Å². The van der Waals surface area contributed by atoms with E-state index in [0.717, 1.165) is 32.4 Å². The van der Waals surface area contributed by atoms with Crippen LogP contribution in [0.25, 0.3) is 20.5 Å². The zero-order chi connectivity index (χ0) is 22.2. The van der Waals surface area contributed by atoms with Crippen LogP contribution in [0.2, 0.25) is 0 Å². The molecule has 1 amide bonds. The molecule has 0 aliphatic rings. The molecule has 0 bridgehead atoms. The van der Waals surface area contributed by atoms with Crippen LogP contribution < -0.4 is 16.4 Å². The van der Waals surface area contributed by atoms with Crippen molar-refractivity contribution < 1.29 is 9.59 Å². The average molecular weight is 432 g/mol. The Morgan fingerprint density at radius 1 is 1.10 bits per heavy atom. The van der Waals surface area contributed by atoms with Gasteiger partial charge in [0.05, 0.1) is 0 Å². The fourth-order valence-electron chi connectivity index (χ4n) is 2.88. The predicted octanol–water partition coefficient (Wildman–Crippen LogP) is 4.41. The molecule has 0 aliphatic carbocycles. The quantitative estimate of drug-likeness (QED) is 0.161. The maximum absolute atomic E-state index is 11.3. The van der Waals surface area contributed by atoms with Gasteiger partial charge in [0.15, 0.2) is 0 Å². The van der Waals surface area contributed by atoms with Crippen molar-refractivity contribution in [2.24, 2.45) is 0 Å². The minimum atomic E-state index is -0.743. The predicted molar refractivity (Wildman–Crippen MR) is 128 cm³/mol. The van der Waals surface area contributed by atoms with Gasteiger partial charge in [-0.1, -0.05) is 18.2 Å². The largest absolute Gasteiger partial charge is 0.398 e. The van der Waals surface area contributed by atoms with Crippen LogP contribution in [-0.2, 0) is 9.59 Å². The lowest BCUT2D eigenvalue weighted by molar-refractivity contribution is -0.127. The third-order valence-corrected chi connectivity index (χ3v) is 5.55. The van der Waals surface area contributed by atoms with Gasteiger partial charge in [-0.25, -0.2) is 0 Å². The first-order chi connectivity index (χ1) is 15.0. The van der Waals surface area contributed by atoms with Crippen molar-refractivity contribution in [3.8, 4) is 10.4 Å². The van der Waals surface area contributed by atoms with Gasteiger partial charge >= 0.3 is 0 Å². The second-order valence-corrected chi connectivity index (χ2v) is 7.50. The summed E-state index contributed by atoms with van der Waals surface area (Å²) in [6, 6.07) is 17.1. The number of thiophene rings is 1. The van der Waals surface area contributed by atoms with Gasteiger partial charge in [0, 0.05) is 63.4 Å². The molecule has 31 heavy (non-hydrogen) atoms. The molecule has 0 radical (unpaired) electrons. The molecule has 4 aromatic rings. The first-order valence-electron chi connectivity index (χ1n) is 9.32. The molecule has 0 fully saturated rings. The van der Waals surface area contributed by atoms with Gasteiger partial charge in [-0.3, -0.25) is 14.6 Å². The molecular weight excluding hydrogens is 410 g/mol. The smallest absolute Gasteiger partial charge is 0.288 e. The number of rotatable bonds is 5. The van der Waals surface area contributed by atoms with Crippen LogP contribution in [0.3, 0.4) is 0 Å². The summed E-state index contributed by atoms with van der Waals surface area (Å²) in [4.78, 5) is 26.6. The van der Waals surface area contributed by atoms with E-state index >= 15 is 0 Å². The lowest BCUT2D eigenvalue weighted by Crippen LogP contribution is -2.13. The Hall–Kier alpha value is -4.04. The standard InChI is InChI=1S/C17H13N3O2S.C6H8N2/c18-8-11-5-12(20-16(22)9-21)7-13(17(11)19)15-6-10-3-1-2-4-14(10)23-15;1-7-6-2-4-8-5-3-6/h1-9,18H,19H2,(H,20,22);2-5H,1H3,(H,7,8). The number of aldehydes is 1. The highest BCUT2D eigenvalue weighted by Crippen LogP contribution is 2.38. The first-order valence-corrected chi connectivity index (χ1v) is 10.1. The van der Waals surface area contributed by atoms with Crippen molar-refractivity contribution in [2.45, 2.75) is 0 Å². The Morgan fingerprint density at radius 2 is 1.84 bits per heavy atom. The molecule has 0 aliphatic heterocycles. The number of carbonyl (C=O) groups excluding carboxylic acids is 2. The third-order valence-electron chi connectivity index (χ3n) is 4.40. The minimum absolute atomic E-state index is 0.208.